The number of aryl methyl sites for hydroxylation is 1. The maximum absolute atomic E-state index is 13.1. The molecule has 0 saturated carbocycles. The Morgan fingerprint density at radius 3 is 2.42 bits per heavy atom. The molecular weight excluding hydrogens is 309 g/mol. The average Bonchev–Trinajstić information content (AvgIpc) is 3.03. The number of amides is 1. The summed E-state index contributed by atoms with van der Waals surface area (Å²) in [4.78, 5) is 16.2. The Morgan fingerprint density at radius 2 is 1.88 bits per heavy atom. The van der Waals surface area contributed by atoms with E-state index in [9.17, 15) is 14.4 Å². The topological polar surface area (TPSA) is 60.5 Å². The molecule has 0 bridgehead atoms. The molecule has 1 fully saturated rings. The van der Waals surface area contributed by atoms with Crippen LogP contribution in [0.25, 0.3) is 0 Å². The van der Waals surface area contributed by atoms with E-state index >= 15 is 0 Å². The number of nitrogens with zero attached hydrogens (tertiary/aromatic N) is 3. The lowest BCUT2D eigenvalue weighted by atomic mass is 10.1. The van der Waals surface area contributed by atoms with Gasteiger partial charge in [0.25, 0.3) is 5.91 Å². The lowest BCUT2D eigenvalue weighted by Gasteiger charge is -2.36. The van der Waals surface area contributed by atoms with Gasteiger partial charge in [0, 0.05) is 31.7 Å². The summed E-state index contributed by atoms with van der Waals surface area (Å²) >= 11 is 0. The van der Waals surface area contributed by atoms with Crippen LogP contribution in [-0.2, 0) is 0 Å². The summed E-state index contributed by atoms with van der Waals surface area (Å²) in [6, 6.07) is 9.58. The number of hydrogen-bond donors (Lipinski definition) is 0. The highest BCUT2D eigenvalue weighted by atomic mass is 19.1. The van der Waals surface area contributed by atoms with Gasteiger partial charge in [-0.05, 0) is 30.7 Å². The molecule has 1 aliphatic rings. The zero-order chi connectivity index (χ0) is 17.1. The van der Waals surface area contributed by atoms with Crippen LogP contribution in [0.1, 0.15) is 27.7 Å². The van der Waals surface area contributed by atoms with Crippen molar-refractivity contribution in [3.05, 3.63) is 59.3 Å². The van der Waals surface area contributed by atoms with Crippen LogP contribution in [0.4, 0.5) is 4.39 Å². The fraction of sp³-hybridized carbons (Fsp3) is 0.333. The Morgan fingerprint density at radius 1 is 1.21 bits per heavy atom. The minimum absolute atomic E-state index is 0.118. The van der Waals surface area contributed by atoms with Crippen molar-refractivity contribution >= 4 is 5.91 Å². The van der Waals surface area contributed by atoms with Gasteiger partial charge in [0.05, 0.1) is 12.3 Å². The molecule has 1 saturated heterocycles. The van der Waals surface area contributed by atoms with Crippen molar-refractivity contribution in [3.8, 4) is 6.07 Å². The summed E-state index contributed by atoms with van der Waals surface area (Å²) < 4.78 is 18.3. The molecule has 0 radical (unpaired) electrons. The number of benzene rings is 1. The molecule has 0 N–H and O–H groups in total. The SMILES string of the molecule is Cc1ccoc1C(=O)N1CCN([C@H](C#N)c2ccc(F)cc2)CC1. The molecule has 0 spiro atoms. The van der Waals surface area contributed by atoms with Crippen LogP contribution in [0.2, 0.25) is 0 Å². The zero-order valence-electron chi connectivity index (χ0n) is 13.4. The van der Waals surface area contributed by atoms with Crippen molar-refractivity contribution in [3.63, 3.8) is 0 Å². The molecule has 6 heteroatoms. The fourth-order valence-corrected chi connectivity index (χ4v) is 2.93. The maximum Gasteiger partial charge on any atom is 0.289 e. The Labute approximate surface area is 139 Å². The third-order valence-corrected chi connectivity index (χ3v) is 4.33. The maximum atomic E-state index is 13.1. The number of hydrogen-bond acceptors (Lipinski definition) is 4. The summed E-state index contributed by atoms with van der Waals surface area (Å²) in [6.07, 6.45) is 1.51. The highest BCUT2D eigenvalue weighted by Gasteiger charge is 2.29. The monoisotopic (exact) mass is 327 g/mol. The van der Waals surface area contributed by atoms with Crippen LogP contribution < -0.4 is 0 Å². The second-order valence-corrected chi connectivity index (χ2v) is 5.84. The fourth-order valence-electron chi connectivity index (χ4n) is 2.93. The highest BCUT2D eigenvalue weighted by molar-refractivity contribution is 5.92. The van der Waals surface area contributed by atoms with Crippen molar-refractivity contribution in [1.29, 1.82) is 5.26 Å². The number of furan rings is 1. The first-order valence-electron chi connectivity index (χ1n) is 7.82. The van der Waals surface area contributed by atoms with Gasteiger partial charge in [-0.25, -0.2) is 4.39 Å². The summed E-state index contributed by atoms with van der Waals surface area (Å²) in [5.41, 5.74) is 1.59. The predicted molar refractivity (Wildman–Crippen MR) is 85.7 cm³/mol. The first-order chi connectivity index (χ1) is 11.6. The van der Waals surface area contributed by atoms with Crippen LogP contribution >= 0.6 is 0 Å². The molecular formula is C18H18FN3O2. The molecule has 3 rings (SSSR count). The Kier molecular flexibility index (Phi) is 4.63. The predicted octanol–water partition coefficient (Wildman–Crippen LogP) is 2.75. The van der Waals surface area contributed by atoms with Gasteiger partial charge < -0.3 is 9.32 Å². The molecule has 5 nitrogen and oxygen atoms in total. The molecule has 0 aliphatic carbocycles. The molecule has 24 heavy (non-hydrogen) atoms. The number of piperazine rings is 1. The molecule has 0 unspecified atom stereocenters. The Hall–Kier alpha value is -2.65. The minimum atomic E-state index is -0.437. The summed E-state index contributed by atoms with van der Waals surface area (Å²) in [7, 11) is 0. The van der Waals surface area contributed by atoms with E-state index in [2.05, 4.69) is 6.07 Å². The van der Waals surface area contributed by atoms with Gasteiger partial charge in [0.1, 0.15) is 11.9 Å². The number of carbonyl (C=O) groups excluding carboxylic acids is 1. The number of halogens is 1. The molecule has 2 aromatic rings. The lowest BCUT2D eigenvalue weighted by Crippen LogP contribution is -2.49. The van der Waals surface area contributed by atoms with Gasteiger partial charge in [0.15, 0.2) is 5.76 Å². The number of rotatable bonds is 3. The van der Waals surface area contributed by atoms with Crippen LogP contribution in [-0.4, -0.2) is 41.9 Å². The Balaban J connectivity index is 1.66. The summed E-state index contributed by atoms with van der Waals surface area (Å²) in [5.74, 6) is -0.0640. The van der Waals surface area contributed by atoms with E-state index in [0.29, 0.717) is 31.9 Å². The smallest absolute Gasteiger partial charge is 0.289 e. The third kappa shape index (κ3) is 3.17. The van der Waals surface area contributed by atoms with E-state index in [1.54, 1.807) is 23.1 Å². The normalized spacial score (nSPS) is 16.6. The third-order valence-electron chi connectivity index (χ3n) is 4.33. The number of nitriles is 1. The van der Waals surface area contributed by atoms with E-state index in [0.717, 1.165) is 11.1 Å². The van der Waals surface area contributed by atoms with Crippen LogP contribution in [0.5, 0.6) is 0 Å². The van der Waals surface area contributed by atoms with E-state index in [4.69, 9.17) is 4.42 Å². The van der Waals surface area contributed by atoms with Gasteiger partial charge in [-0.1, -0.05) is 12.1 Å². The second-order valence-electron chi connectivity index (χ2n) is 5.84. The average molecular weight is 327 g/mol. The largest absolute Gasteiger partial charge is 0.459 e. The van der Waals surface area contributed by atoms with Crippen molar-refractivity contribution in [2.24, 2.45) is 0 Å². The van der Waals surface area contributed by atoms with Gasteiger partial charge >= 0.3 is 0 Å². The molecule has 1 aromatic heterocycles. The van der Waals surface area contributed by atoms with E-state index in [1.165, 1.54) is 18.4 Å². The standard InChI is InChI=1S/C18H18FN3O2/c1-13-6-11-24-17(13)18(23)22-9-7-21(8-10-22)16(12-20)14-2-4-15(19)5-3-14/h2-6,11,16H,7-10H2,1H3/t16-/m1/s1. The molecule has 1 amide bonds. The van der Waals surface area contributed by atoms with Gasteiger partial charge in [-0.15, -0.1) is 0 Å². The quantitative estimate of drug-likeness (QED) is 0.870. The van der Waals surface area contributed by atoms with Crippen molar-refractivity contribution in [2.45, 2.75) is 13.0 Å². The first kappa shape index (κ1) is 16.2. The van der Waals surface area contributed by atoms with Crippen molar-refractivity contribution < 1.29 is 13.6 Å². The minimum Gasteiger partial charge on any atom is -0.459 e. The van der Waals surface area contributed by atoms with Gasteiger partial charge in [-0.3, -0.25) is 9.69 Å². The zero-order valence-corrected chi connectivity index (χ0v) is 13.4. The lowest BCUT2D eigenvalue weighted by molar-refractivity contribution is 0.0575. The molecule has 1 aliphatic heterocycles. The number of carbonyl (C=O) groups is 1. The van der Waals surface area contributed by atoms with Crippen LogP contribution in [0.15, 0.2) is 41.0 Å². The Bertz CT molecular complexity index is 755. The molecule has 2 heterocycles. The van der Waals surface area contributed by atoms with Crippen molar-refractivity contribution in [1.82, 2.24) is 9.80 Å². The summed E-state index contributed by atoms with van der Waals surface area (Å²) in [6.45, 7) is 4.06. The van der Waals surface area contributed by atoms with E-state index < -0.39 is 6.04 Å². The van der Waals surface area contributed by atoms with E-state index in [-0.39, 0.29) is 11.7 Å². The van der Waals surface area contributed by atoms with Crippen molar-refractivity contribution in [2.75, 3.05) is 26.2 Å². The molecule has 1 atom stereocenters. The van der Waals surface area contributed by atoms with E-state index in [1.807, 2.05) is 11.8 Å². The van der Waals surface area contributed by atoms with Gasteiger partial charge in [-0.2, -0.15) is 5.26 Å². The molecule has 124 valence electrons. The molecule has 1 aromatic carbocycles. The first-order valence-corrected chi connectivity index (χ1v) is 7.82. The highest BCUT2D eigenvalue weighted by Crippen LogP contribution is 2.23. The van der Waals surface area contributed by atoms with Crippen LogP contribution in [0.3, 0.4) is 0 Å². The summed E-state index contributed by atoms with van der Waals surface area (Å²) in [5, 5.41) is 9.48. The second kappa shape index (κ2) is 6.85. The van der Waals surface area contributed by atoms with Crippen LogP contribution in [0, 0.1) is 24.1 Å². The van der Waals surface area contributed by atoms with Gasteiger partial charge in [0.2, 0.25) is 0 Å².